The predicted molar refractivity (Wildman–Crippen MR) is 67.7 cm³/mol. The van der Waals surface area contributed by atoms with Crippen molar-refractivity contribution in [2.75, 3.05) is 11.4 Å². The maximum absolute atomic E-state index is 11.3. The number of anilines is 1. The molecule has 0 radical (unpaired) electrons. The molecule has 1 aromatic rings. The highest BCUT2D eigenvalue weighted by Crippen LogP contribution is 2.27. The second kappa shape index (κ2) is 4.68. The van der Waals surface area contributed by atoms with Crippen LogP contribution in [0.15, 0.2) is 18.2 Å². The zero-order chi connectivity index (χ0) is 13.3. The fourth-order valence-corrected chi connectivity index (χ4v) is 2.44. The van der Waals surface area contributed by atoms with E-state index >= 15 is 0 Å². The van der Waals surface area contributed by atoms with Crippen molar-refractivity contribution in [3.63, 3.8) is 0 Å². The summed E-state index contributed by atoms with van der Waals surface area (Å²) in [5.74, 6) is -1.26. The van der Waals surface area contributed by atoms with Crippen molar-refractivity contribution in [1.82, 2.24) is 0 Å². The molecular formula is C13H16N2O3. The fraction of sp³-hybridized carbons (Fsp3) is 0.385. The van der Waals surface area contributed by atoms with Crippen molar-refractivity contribution in [2.24, 2.45) is 5.73 Å². The van der Waals surface area contributed by atoms with Crippen LogP contribution < -0.4 is 10.6 Å². The van der Waals surface area contributed by atoms with Crippen molar-refractivity contribution in [3.05, 3.63) is 29.3 Å². The van der Waals surface area contributed by atoms with Gasteiger partial charge in [-0.25, -0.2) is 4.79 Å². The van der Waals surface area contributed by atoms with Gasteiger partial charge in [-0.1, -0.05) is 0 Å². The Balaban J connectivity index is 2.32. The van der Waals surface area contributed by atoms with E-state index in [1.165, 1.54) is 0 Å². The maximum Gasteiger partial charge on any atom is 0.335 e. The molecule has 1 aliphatic rings. The van der Waals surface area contributed by atoms with E-state index in [-0.39, 0.29) is 17.5 Å². The molecule has 0 aliphatic carbocycles. The third-order valence-corrected chi connectivity index (χ3v) is 3.35. The Kier molecular flexibility index (Phi) is 3.23. The Hall–Kier alpha value is -2.04. The summed E-state index contributed by atoms with van der Waals surface area (Å²) in [5.41, 5.74) is 7.20. The number of aryl methyl sites for hydroxylation is 1. The van der Waals surface area contributed by atoms with E-state index in [9.17, 15) is 9.59 Å². The van der Waals surface area contributed by atoms with E-state index in [2.05, 4.69) is 0 Å². The number of benzene rings is 1. The standard InChI is InChI=1S/C13H16N2O3/c1-8-7-9(4-5-10(8)13(17)18)15-6-2-3-11(15)12(14)16/h4-5,7,11H,2-3,6H2,1H3,(H2,14,16)(H,17,18). The van der Waals surface area contributed by atoms with Crippen molar-refractivity contribution in [1.29, 1.82) is 0 Å². The van der Waals surface area contributed by atoms with Gasteiger partial charge in [0.25, 0.3) is 0 Å². The minimum absolute atomic E-state index is 0.278. The number of hydrogen-bond donors (Lipinski definition) is 2. The van der Waals surface area contributed by atoms with Crippen molar-refractivity contribution in [3.8, 4) is 0 Å². The van der Waals surface area contributed by atoms with E-state index in [1.807, 2.05) is 4.90 Å². The number of carbonyl (C=O) groups is 2. The lowest BCUT2D eigenvalue weighted by Crippen LogP contribution is -2.40. The molecule has 0 saturated carbocycles. The lowest BCUT2D eigenvalue weighted by Gasteiger charge is -2.25. The number of carboxylic acids is 1. The first kappa shape index (κ1) is 12.4. The highest BCUT2D eigenvalue weighted by Gasteiger charge is 2.29. The molecule has 1 unspecified atom stereocenters. The van der Waals surface area contributed by atoms with Gasteiger partial charge in [-0.3, -0.25) is 4.79 Å². The number of carboxylic acid groups (broad SMARTS) is 1. The Morgan fingerprint density at radius 2 is 2.17 bits per heavy atom. The van der Waals surface area contributed by atoms with E-state index in [1.54, 1.807) is 25.1 Å². The van der Waals surface area contributed by atoms with Gasteiger partial charge in [0.15, 0.2) is 0 Å². The number of primary amides is 1. The third kappa shape index (κ3) is 2.16. The number of nitrogens with two attached hydrogens (primary N) is 1. The van der Waals surface area contributed by atoms with Gasteiger partial charge in [-0.05, 0) is 43.5 Å². The van der Waals surface area contributed by atoms with E-state index < -0.39 is 5.97 Å². The second-order valence-corrected chi connectivity index (χ2v) is 4.56. The molecule has 1 fully saturated rings. The fourth-order valence-electron chi connectivity index (χ4n) is 2.44. The molecule has 0 bridgehead atoms. The summed E-state index contributed by atoms with van der Waals surface area (Å²) in [4.78, 5) is 24.2. The molecule has 1 atom stereocenters. The van der Waals surface area contributed by atoms with Crippen molar-refractivity contribution in [2.45, 2.75) is 25.8 Å². The van der Waals surface area contributed by atoms with Crippen LogP contribution in [-0.4, -0.2) is 29.6 Å². The Bertz CT molecular complexity index is 499. The van der Waals surface area contributed by atoms with Crippen molar-refractivity contribution < 1.29 is 14.7 Å². The number of hydrogen-bond acceptors (Lipinski definition) is 3. The molecule has 5 heteroatoms. The summed E-state index contributed by atoms with van der Waals surface area (Å²) in [5, 5.41) is 8.97. The topological polar surface area (TPSA) is 83.6 Å². The van der Waals surface area contributed by atoms with Gasteiger partial charge in [0.2, 0.25) is 5.91 Å². The van der Waals surface area contributed by atoms with E-state index in [4.69, 9.17) is 10.8 Å². The summed E-state index contributed by atoms with van der Waals surface area (Å²) < 4.78 is 0. The zero-order valence-corrected chi connectivity index (χ0v) is 10.2. The first-order chi connectivity index (χ1) is 8.50. The molecule has 1 aromatic carbocycles. The van der Waals surface area contributed by atoms with Crippen LogP contribution in [0.4, 0.5) is 5.69 Å². The Labute approximate surface area is 105 Å². The van der Waals surface area contributed by atoms with Gasteiger partial charge in [0, 0.05) is 12.2 Å². The van der Waals surface area contributed by atoms with Gasteiger partial charge < -0.3 is 15.7 Å². The Morgan fingerprint density at radius 1 is 1.44 bits per heavy atom. The predicted octanol–water partition coefficient (Wildman–Crippen LogP) is 1.15. The summed E-state index contributed by atoms with van der Waals surface area (Å²) in [6.07, 6.45) is 1.68. The molecule has 2 rings (SSSR count). The van der Waals surface area contributed by atoms with Gasteiger partial charge in [0.05, 0.1) is 5.56 Å². The molecule has 1 saturated heterocycles. The number of aromatic carboxylic acids is 1. The number of rotatable bonds is 3. The highest BCUT2D eigenvalue weighted by atomic mass is 16.4. The minimum Gasteiger partial charge on any atom is -0.478 e. The van der Waals surface area contributed by atoms with Crippen LogP contribution >= 0.6 is 0 Å². The molecule has 1 amide bonds. The van der Waals surface area contributed by atoms with Crippen molar-refractivity contribution >= 4 is 17.6 Å². The van der Waals surface area contributed by atoms with E-state index in [0.29, 0.717) is 5.56 Å². The lowest BCUT2D eigenvalue weighted by molar-refractivity contribution is -0.119. The first-order valence-electron chi connectivity index (χ1n) is 5.90. The summed E-state index contributed by atoms with van der Waals surface area (Å²) in [7, 11) is 0. The molecule has 18 heavy (non-hydrogen) atoms. The highest BCUT2D eigenvalue weighted by molar-refractivity contribution is 5.90. The van der Waals surface area contributed by atoms with E-state index in [0.717, 1.165) is 25.1 Å². The molecule has 5 nitrogen and oxygen atoms in total. The van der Waals surface area contributed by atoms with Gasteiger partial charge in [-0.15, -0.1) is 0 Å². The maximum atomic E-state index is 11.3. The smallest absolute Gasteiger partial charge is 0.335 e. The molecule has 0 aromatic heterocycles. The molecule has 1 heterocycles. The molecule has 3 N–H and O–H groups in total. The molecule has 0 spiro atoms. The minimum atomic E-state index is -0.938. The van der Waals surface area contributed by atoms with Crippen LogP contribution in [0.3, 0.4) is 0 Å². The Morgan fingerprint density at radius 3 is 2.72 bits per heavy atom. The quantitative estimate of drug-likeness (QED) is 0.840. The normalized spacial score (nSPS) is 18.9. The van der Waals surface area contributed by atoms with Crippen LogP contribution in [0.2, 0.25) is 0 Å². The summed E-state index contributed by atoms with van der Waals surface area (Å²) >= 11 is 0. The molecule has 1 aliphatic heterocycles. The lowest BCUT2D eigenvalue weighted by atomic mass is 10.1. The average molecular weight is 248 g/mol. The number of nitrogens with zero attached hydrogens (tertiary/aromatic N) is 1. The summed E-state index contributed by atoms with van der Waals surface area (Å²) in [6, 6.07) is 4.83. The molecular weight excluding hydrogens is 232 g/mol. The average Bonchev–Trinajstić information content (AvgIpc) is 2.77. The van der Waals surface area contributed by atoms with Gasteiger partial charge in [-0.2, -0.15) is 0 Å². The SMILES string of the molecule is Cc1cc(N2CCCC2C(N)=O)ccc1C(=O)O. The largest absolute Gasteiger partial charge is 0.478 e. The first-order valence-corrected chi connectivity index (χ1v) is 5.90. The number of amides is 1. The molecule has 96 valence electrons. The number of carbonyl (C=O) groups excluding carboxylic acids is 1. The summed E-state index contributed by atoms with van der Waals surface area (Å²) in [6.45, 7) is 2.53. The van der Waals surface area contributed by atoms with Crippen LogP contribution in [0, 0.1) is 6.92 Å². The second-order valence-electron chi connectivity index (χ2n) is 4.56. The van der Waals surface area contributed by atoms with Crippen LogP contribution in [-0.2, 0) is 4.79 Å². The van der Waals surface area contributed by atoms with Gasteiger partial charge in [0.1, 0.15) is 6.04 Å². The third-order valence-electron chi connectivity index (χ3n) is 3.35. The van der Waals surface area contributed by atoms with Gasteiger partial charge >= 0.3 is 5.97 Å². The zero-order valence-electron chi connectivity index (χ0n) is 10.2. The van der Waals surface area contributed by atoms with Crippen LogP contribution in [0.1, 0.15) is 28.8 Å². The van der Waals surface area contributed by atoms with Crippen LogP contribution in [0.25, 0.3) is 0 Å². The monoisotopic (exact) mass is 248 g/mol. The van der Waals surface area contributed by atoms with Crippen LogP contribution in [0.5, 0.6) is 0 Å².